The van der Waals surface area contributed by atoms with Gasteiger partial charge in [0.2, 0.25) is 0 Å². The Morgan fingerprint density at radius 2 is 1.29 bits per heavy atom. The maximum Gasteiger partial charge on any atom is 0.407 e. The summed E-state index contributed by atoms with van der Waals surface area (Å²) < 4.78 is 77.7. The summed E-state index contributed by atoms with van der Waals surface area (Å²) in [5.74, 6) is -3.32. The van der Waals surface area contributed by atoms with Crippen LogP contribution in [0.15, 0.2) is 103 Å². The first-order chi connectivity index (χ1) is 28.6. The molecule has 15 heteroatoms. The second kappa shape index (κ2) is 23.8. The van der Waals surface area contributed by atoms with Crippen LogP contribution in [-0.2, 0) is 63.6 Å². The Kier molecular flexibility index (Phi) is 18.4. The number of rotatable bonds is 24. The lowest BCUT2D eigenvalue weighted by molar-refractivity contribution is -0.201. The van der Waals surface area contributed by atoms with E-state index in [1.807, 2.05) is 91.0 Å². The van der Waals surface area contributed by atoms with E-state index in [4.69, 9.17) is 37.9 Å². The van der Waals surface area contributed by atoms with Crippen molar-refractivity contribution in [2.45, 2.75) is 76.5 Å². The summed E-state index contributed by atoms with van der Waals surface area (Å²) in [5, 5.41) is 5.85. The molecular weight excluding hydrogens is 766 g/mol. The van der Waals surface area contributed by atoms with Crippen LogP contribution in [0.3, 0.4) is 0 Å². The number of carbonyl (C=O) groups excluding carboxylic acids is 1. The van der Waals surface area contributed by atoms with E-state index in [1.165, 1.54) is 6.20 Å². The molecule has 1 saturated heterocycles. The lowest BCUT2D eigenvalue weighted by Gasteiger charge is -2.42. The van der Waals surface area contributed by atoms with Gasteiger partial charge in [0.25, 0.3) is 0 Å². The molecule has 1 aromatic heterocycles. The average molecular weight is 823 g/mol. The van der Waals surface area contributed by atoms with Crippen molar-refractivity contribution in [3.05, 3.63) is 126 Å². The first-order valence-corrected chi connectivity index (χ1v) is 19.8. The minimum Gasteiger partial charge on any atom is -0.444 e. The fraction of sp³-hybridized carbons (Fsp3) is 0.477. The van der Waals surface area contributed by atoms with Gasteiger partial charge in [-0.25, -0.2) is 9.78 Å². The third-order valence-corrected chi connectivity index (χ3v) is 8.83. The van der Waals surface area contributed by atoms with Gasteiger partial charge < -0.3 is 48.5 Å². The van der Waals surface area contributed by atoms with Crippen LogP contribution < -0.4 is 10.6 Å². The van der Waals surface area contributed by atoms with E-state index in [9.17, 15) is 4.79 Å². The number of ether oxygens (including phenoxy) is 8. The van der Waals surface area contributed by atoms with Gasteiger partial charge >= 0.3 is 12.0 Å². The number of alkyl halides is 2. The molecule has 0 aliphatic carbocycles. The van der Waals surface area contributed by atoms with Crippen LogP contribution in [-0.4, -0.2) is 105 Å². The Bertz CT molecular complexity index is 1770. The smallest absolute Gasteiger partial charge is 0.407 e. The molecular formula is C44H56F2N4O9. The molecule has 1 unspecified atom stereocenters. The fourth-order valence-corrected chi connectivity index (χ4v) is 5.99. The molecule has 5 rings (SSSR count). The number of hydrogen-bond donors (Lipinski definition) is 2. The molecule has 0 radical (unpaired) electrons. The molecule has 0 saturated carbocycles. The van der Waals surface area contributed by atoms with Gasteiger partial charge in [-0.05, 0) is 37.5 Å². The fourth-order valence-electron chi connectivity index (χ4n) is 5.99. The van der Waals surface area contributed by atoms with E-state index in [1.54, 1.807) is 20.8 Å². The van der Waals surface area contributed by atoms with Crippen molar-refractivity contribution in [1.29, 1.82) is 0 Å². The summed E-state index contributed by atoms with van der Waals surface area (Å²) in [6.45, 7) is 6.81. The van der Waals surface area contributed by atoms with Gasteiger partial charge in [-0.1, -0.05) is 91.0 Å². The highest BCUT2D eigenvalue weighted by atomic mass is 19.3. The van der Waals surface area contributed by atoms with Crippen molar-refractivity contribution in [1.82, 2.24) is 15.3 Å². The van der Waals surface area contributed by atoms with Gasteiger partial charge in [-0.15, -0.1) is 0 Å². The highest BCUT2D eigenvalue weighted by Gasteiger charge is 2.43. The lowest BCUT2D eigenvalue weighted by Crippen LogP contribution is -2.59. The number of nitrogens with zero attached hydrogens (tertiary/aromatic N) is 2. The van der Waals surface area contributed by atoms with Crippen LogP contribution in [0.25, 0.3) is 0 Å². The van der Waals surface area contributed by atoms with Crippen molar-refractivity contribution in [2.75, 3.05) is 64.7 Å². The third kappa shape index (κ3) is 16.5. The second-order valence-electron chi connectivity index (χ2n) is 14.8. The molecule has 0 bridgehead atoms. The molecule has 1 fully saturated rings. The number of aromatic nitrogens is 2. The SMILES string of the molecule is CC(C)(C)OC(=O)NCCOCCOCCOCC(F)(F)c1cncc(NC2CO[C@H](COCc3ccccc3)[C@H](OCc3ccccc3)[C@@H]2OCc2ccccc2)n1. The van der Waals surface area contributed by atoms with Crippen LogP contribution in [0.2, 0.25) is 0 Å². The third-order valence-electron chi connectivity index (χ3n) is 8.83. The number of hydrogen-bond acceptors (Lipinski definition) is 12. The highest BCUT2D eigenvalue weighted by Crippen LogP contribution is 2.29. The van der Waals surface area contributed by atoms with Crippen LogP contribution in [0.4, 0.5) is 19.4 Å². The number of alkyl carbamates (subject to hydrolysis) is 1. The Hall–Kier alpha value is -4.61. The van der Waals surface area contributed by atoms with Gasteiger partial charge in [-0.3, -0.25) is 4.98 Å². The number of carbonyl (C=O) groups is 1. The summed E-state index contributed by atoms with van der Waals surface area (Å²) in [6, 6.07) is 28.8. The molecule has 13 nitrogen and oxygen atoms in total. The summed E-state index contributed by atoms with van der Waals surface area (Å²) in [4.78, 5) is 20.0. The van der Waals surface area contributed by atoms with E-state index < -0.39 is 54.3 Å². The summed E-state index contributed by atoms with van der Waals surface area (Å²) >= 11 is 0. The molecule has 1 aliphatic rings. The van der Waals surface area contributed by atoms with E-state index in [-0.39, 0.29) is 71.8 Å². The Morgan fingerprint density at radius 3 is 1.90 bits per heavy atom. The predicted octanol–water partition coefficient (Wildman–Crippen LogP) is 6.71. The van der Waals surface area contributed by atoms with E-state index in [0.29, 0.717) is 6.61 Å². The predicted molar refractivity (Wildman–Crippen MR) is 216 cm³/mol. The number of anilines is 1. The van der Waals surface area contributed by atoms with E-state index >= 15 is 8.78 Å². The molecule has 2 heterocycles. The molecule has 320 valence electrons. The van der Waals surface area contributed by atoms with Gasteiger partial charge in [0, 0.05) is 6.54 Å². The van der Waals surface area contributed by atoms with Crippen molar-refractivity contribution in [2.24, 2.45) is 0 Å². The monoisotopic (exact) mass is 822 g/mol. The van der Waals surface area contributed by atoms with Crippen LogP contribution in [0.1, 0.15) is 43.2 Å². The lowest BCUT2D eigenvalue weighted by atomic mass is 9.97. The zero-order valence-electron chi connectivity index (χ0n) is 33.9. The highest BCUT2D eigenvalue weighted by molar-refractivity contribution is 5.67. The largest absolute Gasteiger partial charge is 0.444 e. The van der Waals surface area contributed by atoms with Gasteiger partial charge in [-0.2, -0.15) is 8.78 Å². The van der Waals surface area contributed by atoms with Crippen LogP contribution in [0, 0.1) is 0 Å². The molecule has 3 aromatic carbocycles. The molecule has 4 aromatic rings. The normalized spacial score (nSPS) is 18.3. The zero-order chi connectivity index (χ0) is 41.8. The number of amides is 1. The van der Waals surface area contributed by atoms with Crippen molar-refractivity contribution in [3.8, 4) is 0 Å². The molecule has 59 heavy (non-hydrogen) atoms. The molecule has 1 aliphatic heterocycles. The average Bonchev–Trinajstić information content (AvgIpc) is 3.22. The quantitative estimate of drug-likeness (QED) is 0.0727. The van der Waals surface area contributed by atoms with Gasteiger partial charge in [0.15, 0.2) is 0 Å². The Labute approximate surface area is 345 Å². The van der Waals surface area contributed by atoms with E-state index in [0.717, 1.165) is 22.9 Å². The minimum atomic E-state index is -3.44. The molecule has 4 atom stereocenters. The minimum absolute atomic E-state index is 0.0679. The van der Waals surface area contributed by atoms with Crippen LogP contribution in [0.5, 0.6) is 0 Å². The Morgan fingerprint density at radius 1 is 0.729 bits per heavy atom. The number of benzene rings is 3. The van der Waals surface area contributed by atoms with Gasteiger partial charge in [0.05, 0.1) is 84.5 Å². The molecule has 1 amide bonds. The maximum atomic E-state index is 15.4. The topological polar surface area (TPSA) is 141 Å². The number of halogens is 2. The van der Waals surface area contributed by atoms with Crippen molar-refractivity contribution in [3.63, 3.8) is 0 Å². The molecule has 2 N–H and O–H groups in total. The van der Waals surface area contributed by atoms with Crippen molar-refractivity contribution >= 4 is 11.9 Å². The van der Waals surface area contributed by atoms with Crippen molar-refractivity contribution < 1.29 is 51.5 Å². The van der Waals surface area contributed by atoms with E-state index in [2.05, 4.69) is 20.6 Å². The Balaban J connectivity index is 1.15. The first kappa shape index (κ1) is 45.5. The molecule has 0 spiro atoms. The summed E-state index contributed by atoms with van der Waals surface area (Å²) in [7, 11) is 0. The standard InChI is InChI=1S/C44H56F2N4O9/c1-43(2,3)59-42(51)48-19-20-52-21-22-53-23-24-54-32-44(45,46)38-25-47-26-39(50-38)49-36-30-56-37(31-55-27-33-13-7-4-8-14-33)41(58-29-35-17-11-6-12-18-35)40(36)57-28-34-15-9-5-10-16-34/h4-18,25-26,36-37,40-41H,19-24,27-32H2,1-3H3,(H,48,51)(H,49,50)/t36?,37-,40-,41+/m1/s1. The zero-order valence-corrected chi connectivity index (χ0v) is 33.9. The summed E-state index contributed by atoms with van der Waals surface area (Å²) in [6.07, 6.45) is 0.170. The van der Waals surface area contributed by atoms with Gasteiger partial charge in [0.1, 0.15) is 42.0 Å². The first-order valence-electron chi connectivity index (χ1n) is 19.8. The maximum absolute atomic E-state index is 15.4. The summed E-state index contributed by atoms with van der Waals surface area (Å²) in [5.41, 5.74) is 1.82. The van der Waals surface area contributed by atoms with Crippen LogP contribution >= 0.6 is 0 Å². The number of nitrogens with one attached hydrogen (secondary N) is 2. The second-order valence-corrected chi connectivity index (χ2v) is 14.8.